The molecule has 1 saturated carbocycles. The first-order valence-electron chi connectivity index (χ1n) is 13.2. The van der Waals surface area contributed by atoms with E-state index >= 15 is 0 Å². The van der Waals surface area contributed by atoms with Crippen LogP contribution >= 0.6 is 0 Å². The summed E-state index contributed by atoms with van der Waals surface area (Å²) in [5, 5.41) is 3.30. The van der Waals surface area contributed by atoms with Crippen LogP contribution in [0, 0.1) is 17.7 Å². The molecular formula is C27H41FN4O2. The summed E-state index contributed by atoms with van der Waals surface area (Å²) in [6.07, 6.45) is 7.19. The molecule has 0 radical (unpaired) electrons. The van der Waals surface area contributed by atoms with Gasteiger partial charge in [-0.2, -0.15) is 0 Å². The van der Waals surface area contributed by atoms with E-state index in [9.17, 15) is 14.0 Å². The number of hydrogen-bond donors (Lipinski definition) is 1. The van der Waals surface area contributed by atoms with Gasteiger partial charge < -0.3 is 15.1 Å². The van der Waals surface area contributed by atoms with Crippen molar-refractivity contribution in [1.29, 1.82) is 0 Å². The van der Waals surface area contributed by atoms with E-state index in [0.717, 1.165) is 26.2 Å². The minimum atomic E-state index is -0.457. The molecule has 2 unspecified atom stereocenters. The molecule has 1 aromatic rings. The fraction of sp³-hybridized carbons (Fsp3) is 0.704. The Morgan fingerprint density at radius 1 is 1.09 bits per heavy atom. The number of nitrogens with one attached hydrogen (secondary N) is 1. The molecule has 1 aromatic carbocycles. The molecule has 0 aromatic heterocycles. The summed E-state index contributed by atoms with van der Waals surface area (Å²) in [6, 6.07) is 5.42. The zero-order valence-corrected chi connectivity index (χ0v) is 20.8. The highest BCUT2D eigenvalue weighted by Gasteiger charge is 2.44. The highest BCUT2D eigenvalue weighted by Crippen LogP contribution is 2.30. The second-order valence-corrected chi connectivity index (χ2v) is 10.8. The first kappa shape index (κ1) is 25.1. The van der Waals surface area contributed by atoms with Gasteiger partial charge in [-0.1, -0.05) is 33.1 Å². The number of hydrogen-bond acceptors (Lipinski definition) is 4. The van der Waals surface area contributed by atoms with Gasteiger partial charge in [0.1, 0.15) is 11.9 Å². The van der Waals surface area contributed by atoms with E-state index in [2.05, 4.69) is 24.1 Å². The summed E-state index contributed by atoms with van der Waals surface area (Å²) in [5.41, 5.74) is 0.447. The Morgan fingerprint density at radius 3 is 2.41 bits per heavy atom. The van der Waals surface area contributed by atoms with Crippen LogP contribution in [0.5, 0.6) is 0 Å². The maximum absolute atomic E-state index is 13.6. The molecule has 2 amide bonds. The van der Waals surface area contributed by atoms with E-state index in [-0.39, 0.29) is 23.7 Å². The summed E-state index contributed by atoms with van der Waals surface area (Å²) in [7, 11) is 0. The molecule has 0 spiro atoms. The number of rotatable bonds is 7. The maximum Gasteiger partial charge on any atom is 0.254 e. The molecule has 1 N–H and O–H groups in total. The predicted octanol–water partition coefficient (Wildman–Crippen LogP) is 3.38. The summed E-state index contributed by atoms with van der Waals surface area (Å²) in [6.45, 7) is 10.0. The Bertz CT molecular complexity index is 818. The SMILES string of the molecule is CC(C)CN(CC1CCCCC1)C1CC(C(=O)N2CCNCC2)N(C(=O)c2ccc(F)cc2)C1. The number of carbonyl (C=O) groups excluding carboxylic acids is 2. The van der Waals surface area contributed by atoms with Gasteiger partial charge >= 0.3 is 0 Å². The van der Waals surface area contributed by atoms with Crippen molar-refractivity contribution < 1.29 is 14.0 Å². The molecule has 2 saturated heterocycles. The van der Waals surface area contributed by atoms with Crippen molar-refractivity contribution in [1.82, 2.24) is 20.0 Å². The van der Waals surface area contributed by atoms with Crippen LogP contribution < -0.4 is 5.32 Å². The molecule has 188 valence electrons. The van der Waals surface area contributed by atoms with Crippen molar-refractivity contribution in [2.24, 2.45) is 11.8 Å². The molecule has 1 aliphatic carbocycles. The third kappa shape index (κ3) is 6.16. The van der Waals surface area contributed by atoms with Crippen molar-refractivity contribution in [3.05, 3.63) is 35.6 Å². The minimum absolute atomic E-state index is 0.0571. The number of benzene rings is 1. The van der Waals surface area contributed by atoms with Gasteiger partial charge in [-0.25, -0.2) is 4.39 Å². The Morgan fingerprint density at radius 2 is 1.76 bits per heavy atom. The molecule has 4 rings (SSSR count). The van der Waals surface area contributed by atoms with E-state index in [1.807, 2.05) is 4.90 Å². The van der Waals surface area contributed by atoms with Crippen LogP contribution in [0.1, 0.15) is 62.7 Å². The van der Waals surface area contributed by atoms with Crippen LogP contribution in [0.4, 0.5) is 4.39 Å². The quantitative estimate of drug-likeness (QED) is 0.661. The average Bonchev–Trinajstić information content (AvgIpc) is 3.30. The maximum atomic E-state index is 13.6. The molecule has 7 heteroatoms. The lowest BCUT2D eigenvalue weighted by molar-refractivity contribution is -0.135. The first-order valence-corrected chi connectivity index (χ1v) is 13.2. The number of piperazine rings is 1. The molecule has 3 aliphatic rings. The van der Waals surface area contributed by atoms with E-state index in [0.29, 0.717) is 43.5 Å². The largest absolute Gasteiger partial charge is 0.338 e. The van der Waals surface area contributed by atoms with Gasteiger partial charge in [-0.3, -0.25) is 14.5 Å². The summed E-state index contributed by atoms with van der Waals surface area (Å²) in [4.78, 5) is 33.4. The third-order valence-electron chi connectivity index (χ3n) is 7.68. The van der Waals surface area contributed by atoms with Crippen LogP contribution in [-0.4, -0.2) is 84.4 Å². The van der Waals surface area contributed by atoms with Crippen LogP contribution in [0.3, 0.4) is 0 Å². The Kier molecular flexibility index (Phi) is 8.59. The topological polar surface area (TPSA) is 55.9 Å². The normalized spacial score (nSPS) is 24.3. The predicted molar refractivity (Wildman–Crippen MR) is 132 cm³/mol. The Balaban J connectivity index is 1.55. The molecular weight excluding hydrogens is 431 g/mol. The fourth-order valence-corrected chi connectivity index (χ4v) is 5.93. The van der Waals surface area contributed by atoms with Crippen LogP contribution in [0.15, 0.2) is 24.3 Å². The van der Waals surface area contributed by atoms with E-state index < -0.39 is 6.04 Å². The fourth-order valence-electron chi connectivity index (χ4n) is 5.93. The summed E-state index contributed by atoms with van der Waals surface area (Å²) in [5.74, 6) is 0.754. The Hall–Kier alpha value is -1.99. The monoisotopic (exact) mass is 472 g/mol. The van der Waals surface area contributed by atoms with E-state index in [1.54, 1.807) is 4.90 Å². The van der Waals surface area contributed by atoms with Gasteiger partial charge in [0, 0.05) is 57.4 Å². The number of likely N-dealkylation sites (tertiary alicyclic amines) is 1. The Labute approximate surface area is 203 Å². The van der Waals surface area contributed by atoms with Crippen molar-refractivity contribution in [3.8, 4) is 0 Å². The van der Waals surface area contributed by atoms with Crippen molar-refractivity contribution in [3.63, 3.8) is 0 Å². The van der Waals surface area contributed by atoms with Gasteiger partial charge in [0.2, 0.25) is 5.91 Å². The van der Waals surface area contributed by atoms with Crippen LogP contribution in [0.25, 0.3) is 0 Å². The van der Waals surface area contributed by atoms with Gasteiger partial charge in [-0.15, -0.1) is 0 Å². The van der Waals surface area contributed by atoms with Gasteiger partial charge in [0.15, 0.2) is 0 Å². The second kappa shape index (κ2) is 11.6. The van der Waals surface area contributed by atoms with Gasteiger partial charge in [-0.05, 0) is 55.4 Å². The van der Waals surface area contributed by atoms with Crippen LogP contribution in [0.2, 0.25) is 0 Å². The van der Waals surface area contributed by atoms with Crippen molar-refractivity contribution in [2.45, 2.75) is 64.5 Å². The minimum Gasteiger partial charge on any atom is -0.338 e. The third-order valence-corrected chi connectivity index (χ3v) is 7.68. The summed E-state index contributed by atoms with van der Waals surface area (Å²) >= 11 is 0. The zero-order valence-electron chi connectivity index (χ0n) is 20.8. The molecule has 3 fully saturated rings. The number of amides is 2. The number of nitrogens with zero attached hydrogens (tertiary/aromatic N) is 3. The van der Waals surface area contributed by atoms with Gasteiger partial charge in [0.25, 0.3) is 5.91 Å². The van der Waals surface area contributed by atoms with Crippen molar-refractivity contribution in [2.75, 3.05) is 45.8 Å². The summed E-state index contributed by atoms with van der Waals surface area (Å²) < 4.78 is 13.5. The van der Waals surface area contributed by atoms with E-state index in [1.165, 1.54) is 56.4 Å². The van der Waals surface area contributed by atoms with Gasteiger partial charge in [0.05, 0.1) is 0 Å². The smallest absolute Gasteiger partial charge is 0.254 e. The average molecular weight is 473 g/mol. The van der Waals surface area contributed by atoms with Crippen molar-refractivity contribution >= 4 is 11.8 Å². The lowest BCUT2D eigenvalue weighted by atomic mass is 9.88. The first-order chi connectivity index (χ1) is 16.4. The standard InChI is InChI=1S/C27H41FN4O2/c1-20(2)17-31(18-21-6-4-3-5-7-21)24-16-25(27(34)30-14-12-29-13-15-30)32(19-24)26(33)22-8-10-23(28)11-9-22/h8-11,20-21,24-25,29H,3-7,12-19H2,1-2H3. The number of halogens is 1. The lowest BCUT2D eigenvalue weighted by Crippen LogP contribution is -2.53. The molecule has 0 bridgehead atoms. The second-order valence-electron chi connectivity index (χ2n) is 10.8. The van der Waals surface area contributed by atoms with Crippen LogP contribution in [-0.2, 0) is 4.79 Å². The highest BCUT2D eigenvalue weighted by molar-refractivity contribution is 5.98. The molecule has 2 atom stereocenters. The zero-order chi connectivity index (χ0) is 24.1. The number of carbonyl (C=O) groups is 2. The van der Waals surface area contributed by atoms with E-state index in [4.69, 9.17) is 0 Å². The highest BCUT2D eigenvalue weighted by atomic mass is 19.1. The molecule has 6 nitrogen and oxygen atoms in total. The molecule has 2 aliphatic heterocycles. The molecule has 34 heavy (non-hydrogen) atoms. The molecule has 2 heterocycles. The lowest BCUT2D eigenvalue weighted by Gasteiger charge is -2.35.